The maximum Gasteiger partial charge on any atom is 0.246 e. The normalized spacial score (nSPS) is 37.6. The molecule has 2 atom stereocenters. The van der Waals surface area contributed by atoms with E-state index in [0.29, 0.717) is 4.75 Å². The van der Waals surface area contributed by atoms with Crippen molar-refractivity contribution in [2.75, 3.05) is 13.1 Å². The van der Waals surface area contributed by atoms with Gasteiger partial charge < -0.3 is 4.90 Å². The lowest BCUT2D eigenvalue weighted by atomic mass is 9.95. The SMILES string of the molecule is C=CC(=O)N1CCCC2(C1)SC2C. The smallest absolute Gasteiger partial charge is 0.246 e. The summed E-state index contributed by atoms with van der Waals surface area (Å²) < 4.78 is 0.414. The minimum Gasteiger partial charge on any atom is -0.338 e. The lowest BCUT2D eigenvalue weighted by Crippen LogP contribution is -2.43. The molecule has 13 heavy (non-hydrogen) atoms. The first-order valence-electron chi connectivity index (χ1n) is 4.77. The Bertz CT molecular complexity index is 253. The van der Waals surface area contributed by atoms with E-state index in [4.69, 9.17) is 0 Å². The first-order valence-corrected chi connectivity index (χ1v) is 5.65. The van der Waals surface area contributed by atoms with E-state index in [0.717, 1.165) is 24.8 Å². The molecule has 2 rings (SSSR count). The average molecular weight is 197 g/mol. The fourth-order valence-corrected chi connectivity index (χ4v) is 3.43. The van der Waals surface area contributed by atoms with Gasteiger partial charge in [-0.15, -0.1) is 11.8 Å². The van der Waals surface area contributed by atoms with E-state index in [1.165, 1.54) is 12.5 Å². The second-order valence-corrected chi connectivity index (χ2v) is 5.65. The van der Waals surface area contributed by atoms with Crippen molar-refractivity contribution in [2.45, 2.75) is 29.8 Å². The quantitative estimate of drug-likeness (QED) is 0.471. The molecule has 2 aliphatic rings. The van der Waals surface area contributed by atoms with Gasteiger partial charge in [-0.05, 0) is 18.9 Å². The zero-order valence-corrected chi connectivity index (χ0v) is 8.77. The van der Waals surface area contributed by atoms with Gasteiger partial charge in [-0.3, -0.25) is 4.79 Å². The van der Waals surface area contributed by atoms with E-state index in [-0.39, 0.29) is 5.91 Å². The van der Waals surface area contributed by atoms with E-state index < -0.39 is 0 Å². The van der Waals surface area contributed by atoms with Crippen LogP contribution in [0.4, 0.5) is 0 Å². The van der Waals surface area contributed by atoms with Gasteiger partial charge in [0, 0.05) is 23.1 Å². The maximum atomic E-state index is 11.4. The summed E-state index contributed by atoms with van der Waals surface area (Å²) in [5.41, 5.74) is 0. The molecule has 0 saturated carbocycles. The first-order chi connectivity index (χ1) is 6.18. The van der Waals surface area contributed by atoms with Crippen molar-refractivity contribution in [3.8, 4) is 0 Å². The van der Waals surface area contributed by atoms with Crippen LogP contribution in [0.2, 0.25) is 0 Å². The number of thioether (sulfide) groups is 1. The minimum atomic E-state index is 0.0961. The van der Waals surface area contributed by atoms with Crippen LogP contribution in [0.25, 0.3) is 0 Å². The number of carbonyl (C=O) groups excluding carboxylic acids is 1. The highest BCUT2D eigenvalue weighted by atomic mass is 32.2. The summed E-state index contributed by atoms with van der Waals surface area (Å²) >= 11 is 2.02. The molecular formula is C10H15NOS. The molecule has 0 aliphatic carbocycles. The van der Waals surface area contributed by atoms with Crippen LogP contribution in [0.1, 0.15) is 19.8 Å². The molecule has 0 N–H and O–H groups in total. The molecule has 1 amide bonds. The van der Waals surface area contributed by atoms with Crippen molar-refractivity contribution in [3.05, 3.63) is 12.7 Å². The molecule has 0 aromatic heterocycles. The van der Waals surface area contributed by atoms with Gasteiger partial charge in [0.05, 0.1) is 0 Å². The zero-order chi connectivity index (χ0) is 9.47. The van der Waals surface area contributed by atoms with Gasteiger partial charge in [-0.2, -0.15) is 0 Å². The van der Waals surface area contributed by atoms with Crippen LogP contribution in [0.5, 0.6) is 0 Å². The molecule has 0 bridgehead atoms. The predicted molar refractivity (Wildman–Crippen MR) is 55.8 cm³/mol. The van der Waals surface area contributed by atoms with Gasteiger partial charge in [0.15, 0.2) is 0 Å². The molecule has 2 aliphatic heterocycles. The van der Waals surface area contributed by atoms with Crippen molar-refractivity contribution < 1.29 is 4.79 Å². The second kappa shape index (κ2) is 3.05. The molecule has 2 unspecified atom stereocenters. The third kappa shape index (κ3) is 1.50. The average Bonchev–Trinajstić information content (AvgIpc) is 2.74. The minimum absolute atomic E-state index is 0.0961. The molecule has 0 aromatic carbocycles. The third-order valence-corrected chi connectivity index (χ3v) is 4.77. The Morgan fingerprint density at radius 3 is 3.00 bits per heavy atom. The fourth-order valence-electron chi connectivity index (χ4n) is 2.11. The van der Waals surface area contributed by atoms with Gasteiger partial charge >= 0.3 is 0 Å². The Morgan fingerprint density at radius 2 is 2.46 bits per heavy atom. The maximum absolute atomic E-state index is 11.4. The largest absolute Gasteiger partial charge is 0.338 e. The van der Waals surface area contributed by atoms with Crippen LogP contribution in [-0.4, -0.2) is 33.9 Å². The lowest BCUT2D eigenvalue weighted by molar-refractivity contribution is -0.127. The Balaban J connectivity index is 2.01. The van der Waals surface area contributed by atoms with E-state index in [2.05, 4.69) is 13.5 Å². The Morgan fingerprint density at radius 1 is 1.77 bits per heavy atom. The van der Waals surface area contributed by atoms with Crippen molar-refractivity contribution in [2.24, 2.45) is 0 Å². The molecule has 1 spiro atoms. The highest BCUT2D eigenvalue weighted by molar-refractivity contribution is 8.08. The van der Waals surface area contributed by atoms with Crippen molar-refractivity contribution in [3.63, 3.8) is 0 Å². The van der Waals surface area contributed by atoms with Crippen LogP contribution < -0.4 is 0 Å². The third-order valence-electron chi connectivity index (χ3n) is 3.07. The molecule has 2 fully saturated rings. The summed E-state index contributed by atoms with van der Waals surface area (Å²) in [6.07, 6.45) is 3.85. The number of amides is 1. The summed E-state index contributed by atoms with van der Waals surface area (Å²) in [7, 11) is 0. The topological polar surface area (TPSA) is 20.3 Å². The number of piperidine rings is 1. The van der Waals surface area contributed by atoms with Crippen molar-refractivity contribution >= 4 is 17.7 Å². The molecule has 3 heteroatoms. The number of carbonyl (C=O) groups is 1. The summed E-state index contributed by atoms with van der Waals surface area (Å²) in [5.74, 6) is 0.0961. The fraction of sp³-hybridized carbons (Fsp3) is 0.700. The lowest BCUT2D eigenvalue weighted by Gasteiger charge is -2.31. The van der Waals surface area contributed by atoms with E-state index in [1.54, 1.807) is 0 Å². The molecule has 72 valence electrons. The monoisotopic (exact) mass is 197 g/mol. The van der Waals surface area contributed by atoms with Gasteiger partial charge in [0.1, 0.15) is 0 Å². The summed E-state index contributed by atoms with van der Waals surface area (Å²) in [6, 6.07) is 0. The van der Waals surface area contributed by atoms with Gasteiger partial charge in [-0.1, -0.05) is 13.5 Å². The van der Waals surface area contributed by atoms with Crippen LogP contribution in [-0.2, 0) is 4.79 Å². The molecule has 2 nitrogen and oxygen atoms in total. The highest BCUT2D eigenvalue weighted by Gasteiger charge is 2.54. The number of hydrogen-bond acceptors (Lipinski definition) is 2. The number of nitrogens with zero attached hydrogens (tertiary/aromatic N) is 1. The molecule has 2 saturated heterocycles. The Hall–Kier alpha value is -0.440. The van der Waals surface area contributed by atoms with E-state index >= 15 is 0 Å². The van der Waals surface area contributed by atoms with E-state index in [9.17, 15) is 4.79 Å². The number of likely N-dealkylation sites (tertiary alicyclic amines) is 1. The van der Waals surface area contributed by atoms with Gasteiger partial charge in [0.25, 0.3) is 0 Å². The van der Waals surface area contributed by atoms with Gasteiger partial charge in [-0.25, -0.2) is 0 Å². The highest BCUT2D eigenvalue weighted by Crippen LogP contribution is 2.57. The summed E-state index contributed by atoms with van der Waals surface area (Å²) in [4.78, 5) is 13.3. The molecular weight excluding hydrogens is 182 g/mol. The van der Waals surface area contributed by atoms with Crippen molar-refractivity contribution in [1.29, 1.82) is 0 Å². The predicted octanol–water partition coefficient (Wildman–Crippen LogP) is 1.67. The number of rotatable bonds is 1. The number of hydrogen-bond donors (Lipinski definition) is 0. The van der Waals surface area contributed by atoms with Crippen LogP contribution in [0.15, 0.2) is 12.7 Å². The second-order valence-electron chi connectivity index (χ2n) is 3.89. The van der Waals surface area contributed by atoms with E-state index in [1.807, 2.05) is 16.7 Å². The van der Waals surface area contributed by atoms with Crippen molar-refractivity contribution in [1.82, 2.24) is 4.90 Å². The van der Waals surface area contributed by atoms with Crippen LogP contribution >= 0.6 is 11.8 Å². The molecule has 0 aromatic rings. The van der Waals surface area contributed by atoms with Gasteiger partial charge in [0.2, 0.25) is 5.91 Å². The van der Waals surface area contributed by atoms with Crippen LogP contribution in [0.3, 0.4) is 0 Å². The molecule has 0 radical (unpaired) electrons. The molecule has 2 heterocycles. The standard InChI is InChI=1S/C10H15NOS/c1-3-9(12)11-6-4-5-10(7-11)8(2)13-10/h3,8H,1,4-7H2,2H3. The Kier molecular flexibility index (Phi) is 2.14. The first kappa shape index (κ1) is 9.13. The summed E-state index contributed by atoms with van der Waals surface area (Å²) in [6.45, 7) is 7.63. The Labute approximate surface area is 83.4 Å². The van der Waals surface area contributed by atoms with Crippen LogP contribution in [0, 0.1) is 0 Å². The zero-order valence-electron chi connectivity index (χ0n) is 7.95. The summed E-state index contributed by atoms with van der Waals surface area (Å²) in [5, 5.41) is 0.743.